The van der Waals surface area contributed by atoms with Crippen LogP contribution in [0.25, 0.3) is 0 Å². The minimum atomic E-state index is 0.263. The van der Waals surface area contributed by atoms with Gasteiger partial charge in [0, 0.05) is 23.5 Å². The molecule has 0 fully saturated rings. The number of rotatable bonds is 3. The number of hydrogen-bond donors (Lipinski definition) is 1. The Morgan fingerprint density at radius 2 is 2.05 bits per heavy atom. The second kappa shape index (κ2) is 5.47. The lowest BCUT2D eigenvalue weighted by atomic mass is 10.1. The summed E-state index contributed by atoms with van der Waals surface area (Å²) in [5, 5.41) is 3.70. The van der Waals surface area contributed by atoms with Crippen molar-refractivity contribution in [2.24, 2.45) is 0 Å². The molecular formula is C18H18BrNO. The maximum atomic E-state index is 6.01. The molecule has 3 heteroatoms. The van der Waals surface area contributed by atoms with E-state index in [4.69, 9.17) is 4.74 Å². The fraction of sp³-hybridized carbons (Fsp3) is 0.333. The standard InChI is InChI=1S/C18H18BrNO/c19-16-6-3-5-15-14(16)8-9-17(15)20-11-13-10-12-4-1-2-7-18(12)21-13/h1-7,13,17,20H,8-11H2. The zero-order valence-corrected chi connectivity index (χ0v) is 13.4. The molecule has 108 valence electrons. The molecular weight excluding hydrogens is 326 g/mol. The fourth-order valence-electron chi connectivity index (χ4n) is 3.46. The van der Waals surface area contributed by atoms with Gasteiger partial charge in [-0.3, -0.25) is 0 Å². The van der Waals surface area contributed by atoms with Crippen LogP contribution in [0.3, 0.4) is 0 Å². The predicted molar refractivity (Wildman–Crippen MR) is 87.8 cm³/mol. The zero-order valence-electron chi connectivity index (χ0n) is 11.8. The van der Waals surface area contributed by atoms with Crippen molar-refractivity contribution in [1.29, 1.82) is 0 Å². The van der Waals surface area contributed by atoms with Crippen molar-refractivity contribution in [3.63, 3.8) is 0 Å². The van der Waals surface area contributed by atoms with Crippen molar-refractivity contribution in [2.75, 3.05) is 6.54 Å². The van der Waals surface area contributed by atoms with Gasteiger partial charge >= 0.3 is 0 Å². The first-order valence-corrected chi connectivity index (χ1v) is 8.36. The van der Waals surface area contributed by atoms with E-state index < -0.39 is 0 Å². The summed E-state index contributed by atoms with van der Waals surface area (Å²) in [6, 6.07) is 15.3. The van der Waals surface area contributed by atoms with Gasteiger partial charge in [0.25, 0.3) is 0 Å². The molecule has 2 aromatic rings. The molecule has 2 unspecified atom stereocenters. The maximum absolute atomic E-state index is 6.01. The van der Waals surface area contributed by atoms with Crippen molar-refractivity contribution < 1.29 is 4.74 Å². The third-order valence-electron chi connectivity index (χ3n) is 4.52. The van der Waals surface area contributed by atoms with Crippen LogP contribution in [0.4, 0.5) is 0 Å². The molecule has 2 aliphatic rings. The van der Waals surface area contributed by atoms with Crippen LogP contribution in [0.15, 0.2) is 46.9 Å². The molecule has 4 rings (SSSR count). The van der Waals surface area contributed by atoms with E-state index in [2.05, 4.69) is 57.6 Å². The number of hydrogen-bond acceptors (Lipinski definition) is 2. The number of halogens is 1. The molecule has 1 N–H and O–H groups in total. The minimum absolute atomic E-state index is 0.263. The lowest BCUT2D eigenvalue weighted by Gasteiger charge is -2.17. The highest BCUT2D eigenvalue weighted by molar-refractivity contribution is 9.10. The SMILES string of the molecule is Brc1cccc2c1CCC2NCC1Cc2ccccc2O1. The van der Waals surface area contributed by atoms with Crippen LogP contribution < -0.4 is 10.1 Å². The molecule has 21 heavy (non-hydrogen) atoms. The van der Waals surface area contributed by atoms with Gasteiger partial charge in [0.2, 0.25) is 0 Å². The molecule has 1 heterocycles. The molecule has 0 bridgehead atoms. The van der Waals surface area contributed by atoms with E-state index in [0.717, 1.165) is 25.1 Å². The number of para-hydroxylation sites is 1. The van der Waals surface area contributed by atoms with Crippen LogP contribution in [0.2, 0.25) is 0 Å². The Morgan fingerprint density at radius 1 is 1.14 bits per heavy atom. The summed E-state index contributed by atoms with van der Waals surface area (Å²) >= 11 is 3.66. The van der Waals surface area contributed by atoms with Crippen molar-refractivity contribution in [1.82, 2.24) is 5.32 Å². The average molecular weight is 344 g/mol. The summed E-state index contributed by atoms with van der Waals surface area (Å²) in [6.45, 7) is 0.908. The molecule has 2 nitrogen and oxygen atoms in total. The highest BCUT2D eigenvalue weighted by Gasteiger charge is 2.27. The predicted octanol–water partition coefficient (Wildman–Crippen LogP) is 4.03. The van der Waals surface area contributed by atoms with Crippen LogP contribution in [0.5, 0.6) is 5.75 Å². The van der Waals surface area contributed by atoms with Gasteiger partial charge in [-0.05, 0) is 41.7 Å². The lowest BCUT2D eigenvalue weighted by molar-refractivity contribution is 0.221. The average Bonchev–Trinajstić information content (AvgIpc) is 3.09. The second-order valence-electron chi connectivity index (χ2n) is 5.86. The van der Waals surface area contributed by atoms with E-state index >= 15 is 0 Å². The monoisotopic (exact) mass is 343 g/mol. The summed E-state index contributed by atoms with van der Waals surface area (Å²) in [6.07, 6.45) is 3.61. The number of benzene rings is 2. The van der Waals surface area contributed by atoms with Crippen molar-refractivity contribution >= 4 is 15.9 Å². The van der Waals surface area contributed by atoms with Crippen molar-refractivity contribution in [3.8, 4) is 5.75 Å². The van der Waals surface area contributed by atoms with Gasteiger partial charge in [-0.15, -0.1) is 0 Å². The molecule has 0 aromatic heterocycles. The number of fused-ring (bicyclic) bond motifs is 2. The molecule has 1 aliphatic carbocycles. The maximum Gasteiger partial charge on any atom is 0.123 e. The van der Waals surface area contributed by atoms with Crippen LogP contribution in [-0.4, -0.2) is 12.6 Å². The first-order valence-electron chi connectivity index (χ1n) is 7.56. The summed E-state index contributed by atoms with van der Waals surface area (Å²) in [5.74, 6) is 1.05. The Morgan fingerprint density at radius 3 is 2.95 bits per heavy atom. The van der Waals surface area contributed by atoms with Crippen molar-refractivity contribution in [2.45, 2.75) is 31.4 Å². The van der Waals surface area contributed by atoms with Crippen LogP contribution in [0, 0.1) is 0 Å². The van der Waals surface area contributed by atoms with E-state index in [1.54, 1.807) is 0 Å². The van der Waals surface area contributed by atoms with E-state index in [1.807, 2.05) is 6.07 Å². The van der Waals surface area contributed by atoms with Gasteiger partial charge in [0.15, 0.2) is 0 Å². The summed E-state index contributed by atoms with van der Waals surface area (Å²) in [7, 11) is 0. The summed E-state index contributed by atoms with van der Waals surface area (Å²) < 4.78 is 7.25. The smallest absolute Gasteiger partial charge is 0.123 e. The van der Waals surface area contributed by atoms with E-state index in [-0.39, 0.29) is 6.10 Å². The highest BCUT2D eigenvalue weighted by atomic mass is 79.9. The van der Waals surface area contributed by atoms with Crippen LogP contribution >= 0.6 is 15.9 Å². The van der Waals surface area contributed by atoms with E-state index in [0.29, 0.717) is 6.04 Å². The Balaban J connectivity index is 1.41. The summed E-state index contributed by atoms with van der Waals surface area (Å²) in [4.78, 5) is 0. The Hall–Kier alpha value is -1.32. The molecule has 2 aromatic carbocycles. The first kappa shape index (κ1) is 13.4. The fourth-order valence-corrected chi connectivity index (χ4v) is 4.04. The molecule has 1 aliphatic heterocycles. The first-order chi connectivity index (χ1) is 10.3. The summed E-state index contributed by atoms with van der Waals surface area (Å²) in [5.41, 5.74) is 4.24. The zero-order chi connectivity index (χ0) is 14.2. The Bertz CT molecular complexity index is 645. The van der Waals surface area contributed by atoms with Crippen molar-refractivity contribution in [3.05, 3.63) is 63.6 Å². The highest BCUT2D eigenvalue weighted by Crippen LogP contribution is 2.36. The number of ether oxygens (including phenoxy) is 1. The third-order valence-corrected chi connectivity index (χ3v) is 5.26. The molecule has 0 saturated carbocycles. The van der Waals surface area contributed by atoms with Gasteiger partial charge in [-0.2, -0.15) is 0 Å². The van der Waals surface area contributed by atoms with E-state index in [9.17, 15) is 0 Å². The normalized spacial score (nSPS) is 22.7. The van der Waals surface area contributed by atoms with Crippen LogP contribution in [0.1, 0.15) is 29.2 Å². The minimum Gasteiger partial charge on any atom is -0.488 e. The molecule has 0 radical (unpaired) electrons. The largest absolute Gasteiger partial charge is 0.488 e. The van der Waals surface area contributed by atoms with Gasteiger partial charge in [0.05, 0.1) is 0 Å². The molecule has 0 amide bonds. The quantitative estimate of drug-likeness (QED) is 0.908. The van der Waals surface area contributed by atoms with Crippen LogP contribution in [-0.2, 0) is 12.8 Å². The Kier molecular flexibility index (Phi) is 3.48. The van der Waals surface area contributed by atoms with Gasteiger partial charge in [-0.25, -0.2) is 0 Å². The Labute approximate surface area is 133 Å². The van der Waals surface area contributed by atoms with Gasteiger partial charge in [-0.1, -0.05) is 46.3 Å². The second-order valence-corrected chi connectivity index (χ2v) is 6.71. The molecule has 2 atom stereocenters. The molecule has 0 spiro atoms. The topological polar surface area (TPSA) is 21.3 Å². The number of nitrogens with one attached hydrogen (secondary N) is 1. The lowest BCUT2D eigenvalue weighted by Crippen LogP contribution is -2.32. The van der Waals surface area contributed by atoms with Gasteiger partial charge < -0.3 is 10.1 Å². The third kappa shape index (κ3) is 2.49. The van der Waals surface area contributed by atoms with Gasteiger partial charge in [0.1, 0.15) is 11.9 Å². The molecule has 0 saturated heterocycles. The van der Waals surface area contributed by atoms with E-state index in [1.165, 1.54) is 27.6 Å².